The fourth-order valence-corrected chi connectivity index (χ4v) is 2.63. The van der Waals surface area contributed by atoms with Crippen LogP contribution in [-0.4, -0.2) is 16.1 Å². The van der Waals surface area contributed by atoms with Gasteiger partial charge >= 0.3 is 0 Å². The molecule has 0 fully saturated rings. The molecule has 1 unspecified atom stereocenters. The SMILES string of the molecule is CCNC(Cc1ccc(F)cc1Br)c1nccn1C. The maximum absolute atomic E-state index is 13.1. The molecule has 0 aliphatic carbocycles. The fourth-order valence-electron chi connectivity index (χ4n) is 2.12. The van der Waals surface area contributed by atoms with Crippen LogP contribution in [0.4, 0.5) is 4.39 Å². The summed E-state index contributed by atoms with van der Waals surface area (Å²) in [6.07, 6.45) is 4.48. The summed E-state index contributed by atoms with van der Waals surface area (Å²) >= 11 is 3.41. The normalized spacial score (nSPS) is 12.6. The van der Waals surface area contributed by atoms with Crippen LogP contribution in [0.3, 0.4) is 0 Å². The van der Waals surface area contributed by atoms with E-state index in [0.29, 0.717) is 0 Å². The van der Waals surface area contributed by atoms with E-state index in [1.807, 2.05) is 23.9 Å². The molecule has 0 saturated heterocycles. The van der Waals surface area contributed by atoms with Gasteiger partial charge in [-0.3, -0.25) is 0 Å². The maximum atomic E-state index is 13.1. The number of aryl methyl sites for hydroxylation is 1. The van der Waals surface area contributed by atoms with E-state index in [1.165, 1.54) is 12.1 Å². The Morgan fingerprint density at radius 3 is 2.84 bits per heavy atom. The van der Waals surface area contributed by atoms with E-state index in [2.05, 4.69) is 33.2 Å². The zero-order chi connectivity index (χ0) is 13.8. The molecule has 0 aliphatic heterocycles. The number of nitrogens with one attached hydrogen (secondary N) is 1. The molecule has 0 bridgehead atoms. The molecule has 0 amide bonds. The van der Waals surface area contributed by atoms with Crippen molar-refractivity contribution in [1.82, 2.24) is 14.9 Å². The summed E-state index contributed by atoms with van der Waals surface area (Å²) in [5, 5.41) is 3.42. The number of nitrogens with zero attached hydrogens (tertiary/aromatic N) is 2. The largest absolute Gasteiger partial charge is 0.337 e. The lowest BCUT2D eigenvalue weighted by atomic mass is 10.1. The Balaban J connectivity index is 2.24. The first kappa shape index (κ1) is 14.2. The van der Waals surface area contributed by atoms with E-state index in [0.717, 1.165) is 28.8 Å². The number of halogens is 2. The highest BCUT2D eigenvalue weighted by atomic mass is 79.9. The van der Waals surface area contributed by atoms with Gasteiger partial charge < -0.3 is 9.88 Å². The Bertz CT molecular complexity index is 553. The number of rotatable bonds is 5. The van der Waals surface area contributed by atoms with Crippen LogP contribution in [0.5, 0.6) is 0 Å². The third-order valence-corrected chi connectivity index (χ3v) is 3.80. The maximum Gasteiger partial charge on any atom is 0.125 e. The number of aromatic nitrogens is 2. The second-order valence-corrected chi connectivity index (χ2v) is 5.30. The Labute approximate surface area is 121 Å². The van der Waals surface area contributed by atoms with Gasteiger partial charge in [0.2, 0.25) is 0 Å². The van der Waals surface area contributed by atoms with Gasteiger partial charge in [-0.25, -0.2) is 9.37 Å². The van der Waals surface area contributed by atoms with Gasteiger partial charge in [0.1, 0.15) is 11.6 Å². The summed E-state index contributed by atoms with van der Waals surface area (Å²) in [5.41, 5.74) is 1.07. The predicted molar refractivity (Wildman–Crippen MR) is 77.4 cm³/mol. The average Bonchev–Trinajstić information content (AvgIpc) is 2.78. The van der Waals surface area contributed by atoms with Gasteiger partial charge in [-0.1, -0.05) is 28.9 Å². The number of likely N-dealkylation sites (N-methyl/N-ethyl adjacent to an activating group) is 1. The fraction of sp³-hybridized carbons (Fsp3) is 0.357. The highest BCUT2D eigenvalue weighted by molar-refractivity contribution is 9.10. The lowest BCUT2D eigenvalue weighted by Crippen LogP contribution is -2.25. The van der Waals surface area contributed by atoms with E-state index in [1.54, 1.807) is 6.20 Å². The van der Waals surface area contributed by atoms with Crippen molar-refractivity contribution in [1.29, 1.82) is 0 Å². The van der Waals surface area contributed by atoms with Crippen molar-refractivity contribution in [2.75, 3.05) is 6.54 Å². The molecule has 3 nitrogen and oxygen atoms in total. The van der Waals surface area contributed by atoms with Crippen LogP contribution in [0.2, 0.25) is 0 Å². The molecule has 0 saturated carbocycles. The molecule has 102 valence electrons. The molecule has 0 aliphatic rings. The van der Waals surface area contributed by atoms with Crippen molar-refractivity contribution in [3.63, 3.8) is 0 Å². The van der Waals surface area contributed by atoms with E-state index >= 15 is 0 Å². The Kier molecular flexibility index (Phi) is 4.71. The van der Waals surface area contributed by atoms with Gasteiger partial charge in [0, 0.05) is 23.9 Å². The highest BCUT2D eigenvalue weighted by Gasteiger charge is 2.16. The van der Waals surface area contributed by atoms with Gasteiger partial charge in [-0.05, 0) is 30.7 Å². The first-order valence-electron chi connectivity index (χ1n) is 6.26. The monoisotopic (exact) mass is 325 g/mol. The Morgan fingerprint density at radius 2 is 2.26 bits per heavy atom. The van der Waals surface area contributed by atoms with Crippen molar-refractivity contribution in [3.8, 4) is 0 Å². The molecule has 2 rings (SSSR count). The summed E-state index contributed by atoms with van der Waals surface area (Å²) < 4.78 is 15.9. The zero-order valence-corrected chi connectivity index (χ0v) is 12.6. The molecule has 2 aromatic rings. The van der Waals surface area contributed by atoms with Crippen LogP contribution >= 0.6 is 15.9 Å². The smallest absolute Gasteiger partial charge is 0.125 e. The molecule has 1 aromatic heterocycles. The lowest BCUT2D eigenvalue weighted by molar-refractivity contribution is 0.505. The van der Waals surface area contributed by atoms with Crippen LogP contribution < -0.4 is 5.32 Å². The van der Waals surface area contributed by atoms with E-state index in [9.17, 15) is 4.39 Å². The van der Waals surface area contributed by atoms with Gasteiger partial charge in [0.15, 0.2) is 0 Å². The number of hydrogen-bond acceptors (Lipinski definition) is 2. The summed E-state index contributed by atoms with van der Waals surface area (Å²) in [7, 11) is 1.98. The van der Waals surface area contributed by atoms with Gasteiger partial charge in [0.25, 0.3) is 0 Å². The number of imidazole rings is 1. The molecule has 0 spiro atoms. The predicted octanol–water partition coefficient (Wildman–Crippen LogP) is 3.22. The third-order valence-electron chi connectivity index (χ3n) is 3.06. The molecule has 1 aromatic carbocycles. The summed E-state index contributed by atoms with van der Waals surface area (Å²) in [4.78, 5) is 4.39. The van der Waals surface area contributed by atoms with Crippen molar-refractivity contribution in [3.05, 3.63) is 52.3 Å². The molecule has 5 heteroatoms. The zero-order valence-electron chi connectivity index (χ0n) is 11.0. The summed E-state index contributed by atoms with van der Waals surface area (Å²) in [6, 6.07) is 4.91. The molecule has 1 heterocycles. The van der Waals surface area contributed by atoms with E-state index < -0.39 is 0 Å². The number of benzene rings is 1. The molecule has 1 atom stereocenters. The third kappa shape index (κ3) is 3.42. The average molecular weight is 326 g/mol. The summed E-state index contributed by atoms with van der Waals surface area (Å²) in [6.45, 7) is 2.92. The van der Waals surface area contributed by atoms with E-state index in [4.69, 9.17) is 0 Å². The van der Waals surface area contributed by atoms with Crippen LogP contribution in [0.25, 0.3) is 0 Å². The molecular weight excluding hydrogens is 309 g/mol. The Hall–Kier alpha value is -1.20. The van der Waals surface area contributed by atoms with Crippen molar-refractivity contribution in [2.24, 2.45) is 7.05 Å². The first-order chi connectivity index (χ1) is 9.11. The highest BCUT2D eigenvalue weighted by Crippen LogP contribution is 2.24. The van der Waals surface area contributed by atoms with E-state index in [-0.39, 0.29) is 11.9 Å². The van der Waals surface area contributed by atoms with Crippen LogP contribution in [0.15, 0.2) is 35.1 Å². The lowest BCUT2D eigenvalue weighted by Gasteiger charge is -2.18. The Morgan fingerprint density at radius 1 is 1.47 bits per heavy atom. The van der Waals surface area contributed by atoms with Crippen molar-refractivity contribution in [2.45, 2.75) is 19.4 Å². The second kappa shape index (κ2) is 6.30. The van der Waals surface area contributed by atoms with Gasteiger partial charge in [-0.15, -0.1) is 0 Å². The minimum atomic E-state index is -0.229. The van der Waals surface area contributed by atoms with Crippen molar-refractivity contribution >= 4 is 15.9 Å². The molecule has 19 heavy (non-hydrogen) atoms. The summed E-state index contributed by atoms with van der Waals surface area (Å²) in [5.74, 6) is 0.755. The standard InChI is InChI=1S/C14H17BrFN3/c1-3-17-13(14-18-6-7-19(14)2)8-10-4-5-11(16)9-12(10)15/h4-7,9,13,17H,3,8H2,1-2H3. The first-order valence-corrected chi connectivity index (χ1v) is 7.05. The molecule has 0 radical (unpaired) electrons. The molecule has 1 N–H and O–H groups in total. The number of hydrogen-bond donors (Lipinski definition) is 1. The minimum Gasteiger partial charge on any atom is -0.337 e. The van der Waals surface area contributed by atoms with Gasteiger partial charge in [0.05, 0.1) is 6.04 Å². The van der Waals surface area contributed by atoms with Crippen LogP contribution in [0, 0.1) is 5.82 Å². The van der Waals surface area contributed by atoms with Crippen LogP contribution in [0.1, 0.15) is 24.4 Å². The molecular formula is C14H17BrFN3. The van der Waals surface area contributed by atoms with Crippen LogP contribution in [-0.2, 0) is 13.5 Å². The van der Waals surface area contributed by atoms with Gasteiger partial charge in [-0.2, -0.15) is 0 Å². The quantitative estimate of drug-likeness (QED) is 0.914. The minimum absolute atomic E-state index is 0.117. The van der Waals surface area contributed by atoms with Crippen molar-refractivity contribution < 1.29 is 4.39 Å². The topological polar surface area (TPSA) is 29.9 Å². The second-order valence-electron chi connectivity index (χ2n) is 4.45.